The van der Waals surface area contributed by atoms with Crippen LogP contribution in [0, 0.1) is 5.41 Å². The van der Waals surface area contributed by atoms with Crippen LogP contribution in [0.4, 0.5) is 0 Å². The number of nitrogens with one attached hydrogen (secondary N) is 2. The molecule has 0 aromatic heterocycles. The van der Waals surface area contributed by atoms with E-state index >= 15 is 0 Å². The van der Waals surface area contributed by atoms with Gasteiger partial charge in [-0.15, -0.1) is 0 Å². The van der Waals surface area contributed by atoms with Crippen molar-refractivity contribution in [1.82, 2.24) is 10.6 Å². The minimum absolute atomic E-state index is 0.0618. The molecule has 168 valence electrons. The fourth-order valence-electron chi connectivity index (χ4n) is 3.33. The molecule has 1 saturated carbocycles. The number of Topliss-reactive ketones (excluding diaryl/α,β-unsaturated/α-hetero) is 2. The summed E-state index contributed by atoms with van der Waals surface area (Å²) in [5, 5.41) is 5.18. The molecule has 2 N–H and O–H groups in total. The minimum atomic E-state index is -1.01. The Labute approximate surface area is 180 Å². The van der Waals surface area contributed by atoms with Crippen molar-refractivity contribution in [1.29, 1.82) is 0 Å². The number of carbonyl (C=O) groups is 5. The van der Waals surface area contributed by atoms with Gasteiger partial charge in [-0.05, 0) is 6.92 Å². The van der Waals surface area contributed by atoms with E-state index in [1.54, 1.807) is 0 Å². The Morgan fingerprint density at radius 3 is 2.53 bits per heavy atom. The zero-order valence-electron chi connectivity index (χ0n) is 17.7. The van der Waals surface area contributed by atoms with Gasteiger partial charge in [-0.3, -0.25) is 24.0 Å². The van der Waals surface area contributed by atoms with E-state index in [0.717, 1.165) is 11.8 Å². The van der Waals surface area contributed by atoms with Gasteiger partial charge in [-0.25, -0.2) is 0 Å². The van der Waals surface area contributed by atoms with E-state index in [4.69, 9.17) is 9.47 Å². The number of ketones is 2. The number of thioether (sulfide) groups is 1. The fraction of sp³-hybridized carbons (Fsp3) is 0.750. The average Bonchev–Trinajstić information content (AvgIpc) is 3.01. The van der Waals surface area contributed by atoms with E-state index in [1.165, 1.54) is 6.92 Å². The molecule has 1 spiro atoms. The Bertz CT molecular complexity index is 709. The van der Waals surface area contributed by atoms with Gasteiger partial charge in [0.05, 0.1) is 19.4 Å². The van der Waals surface area contributed by atoms with Crippen LogP contribution in [0.15, 0.2) is 0 Å². The van der Waals surface area contributed by atoms with Crippen molar-refractivity contribution < 1.29 is 33.4 Å². The number of amides is 2. The van der Waals surface area contributed by atoms with Crippen molar-refractivity contribution in [2.75, 3.05) is 25.4 Å². The van der Waals surface area contributed by atoms with Gasteiger partial charge >= 0.3 is 0 Å². The molecule has 30 heavy (non-hydrogen) atoms. The highest BCUT2D eigenvalue weighted by Crippen LogP contribution is 2.42. The van der Waals surface area contributed by atoms with Crippen molar-refractivity contribution in [2.24, 2.45) is 5.41 Å². The molecule has 2 atom stereocenters. The minimum Gasteiger partial charge on any atom is -0.355 e. The molecule has 1 aliphatic heterocycles. The SMILES string of the molecule is CC(=O)CC(=O)SCCNC(=O)CCNC(=O)[C@@H]1OC2(CCC(=O)C2)OCC1(C)C. The molecule has 0 radical (unpaired) electrons. The molecule has 1 saturated heterocycles. The normalized spacial score (nSPS) is 25.2. The predicted octanol–water partition coefficient (Wildman–Crippen LogP) is 0.739. The van der Waals surface area contributed by atoms with Crippen molar-refractivity contribution in [3.63, 3.8) is 0 Å². The van der Waals surface area contributed by atoms with Crippen LogP contribution in [-0.4, -0.2) is 65.8 Å². The summed E-state index contributed by atoms with van der Waals surface area (Å²) in [7, 11) is 0. The van der Waals surface area contributed by atoms with Gasteiger partial charge in [0.15, 0.2) is 10.9 Å². The standard InChI is InChI=1S/C20H30N2O7S/c1-13(23)10-16(26)30-9-8-21-15(25)5-7-22-18(27)17-19(2,3)12-28-20(29-17)6-4-14(24)11-20/h17H,4-12H2,1-3H3,(H,21,25)(H,22,27)/t17-,20?/m0/s1. The predicted molar refractivity (Wildman–Crippen MR) is 110 cm³/mol. The maximum atomic E-state index is 12.7. The second-order valence-electron chi connectivity index (χ2n) is 8.39. The van der Waals surface area contributed by atoms with Gasteiger partial charge in [0, 0.05) is 43.5 Å². The third-order valence-corrected chi connectivity index (χ3v) is 5.85. The monoisotopic (exact) mass is 442 g/mol. The summed E-state index contributed by atoms with van der Waals surface area (Å²) in [5.41, 5.74) is -0.563. The lowest BCUT2D eigenvalue weighted by molar-refractivity contribution is -0.316. The first kappa shape index (κ1) is 24.5. The van der Waals surface area contributed by atoms with Crippen molar-refractivity contribution in [3.05, 3.63) is 0 Å². The number of hydrogen-bond donors (Lipinski definition) is 2. The van der Waals surface area contributed by atoms with Crippen LogP contribution >= 0.6 is 11.8 Å². The van der Waals surface area contributed by atoms with Gasteiger partial charge in [0.1, 0.15) is 17.7 Å². The van der Waals surface area contributed by atoms with Crippen molar-refractivity contribution >= 4 is 40.3 Å². The highest BCUT2D eigenvalue weighted by molar-refractivity contribution is 8.13. The Hall–Kier alpha value is -1.78. The van der Waals surface area contributed by atoms with Crippen LogP contribution in [0.25, 0.3) is 0 Å². The molecule has 2 amide bonds. The average molecular weight is 443 g/mol. The molecule has 2 rings (SSSR count). The van der Waals surface area contributed by atoms with Gasteiger partial charge in [0.2, 0.25) is 11.8 Å². The molecular formula is C20H30N2O7S. The van der Waals surface area contributed by atoms with Crippen LogP contribution in [0.2, 0.25) is 0 Å². The third-order valence-electron chi connectivity index (χ3n) is 4.97. The largest absolute Gasteiger partial charge is 0.355 e. The summed E-state index contributed by atoms with van der Waals surface area (Å²) < 4.78 is 11.8. The number of carbonyl (C=O) groups excluding carboxylic acids is 5. The van der Waals surface area contributed by atoms with Crippen LogP contribution in [0.5, 0.6) is 0 Å². The number of hydrogen-bond acceptors (Lipinski definition) is 8. The highest BCUT2D eigenvalue weighted by Gasteiger charge is 2.52. The van der Waals surface area contributed by atoms with Gasteiger partial charge in [-0.1, -0.05) is 25.6 Å². The second-order valence-corrected chi connectivity index (χ2v) is 9.54. The Morgan fingerprint density at radius 2 is 1.90 bits per heavy atom. The van der Waals surface area contributed by atoms with Crippen LogP contribution < -0.4 is 10.6 Å². The smallest absolute Gasteiger partial charge is 0.249 e. The maximum absolute atomic E-state index is 12.7. The van der Waals surface area contributed by atoms with E-state index in [1.807, 2.05) is 13.8 Å². The molecule has 1 aliphatic carbocycles. The van der Waals surface area contributed by atoms with Gasteiger partial charge in [-0.2, -0.15) is 0 Å². The van der Waals surface area contributed by atoms with E-state index in [-0.39, 0.29) is 54.3 Å². The summed E-state index contributed by atoms with van der Waals surface area (Å²) in [6, 6.07) is 0. The van der Waals surface area contributed by atoms with Crippen LogP contribution in [-0.2, 0) is 33.4 Å². The van der Waals surface area contributed by atoms with E-state index in [2.05, 4.69) is 10.6 Å². The Morgan fingerprint density at radius 1 is 1.17 bits per heavy atom. The molecule has 0 bridgehead atoms. The molecule has 1 heterocycles. The zero-order chi connectivity index (χ0) is 22.4. The summed E-state index contributed by atoms with van der Waals surface area (Å²) in [6.07, 6.45) is 0.191. The van der Waals surface area contributed by atoms with E-state index < -0.39 is 17.3 Å². The summed E-state index contributed by atoms with van der Waals surface area (Å²) in [5.74, 6) is -1.33. The second kappa shape index (κ2) is 10.5. The van der Waals surface area contributed by atoms with Gasteiger partial charge < -0.3 is 20.1 Å². The molecule has 2 aliphatic rings. The Kier molecular flexibility index (Phi) is 8.57. The molecule has 2 fully saturated rings. The Balaban J connectivity index is 1.70. The molecule has 10 heteroatoms. The first-order valence-corrected chi connectivity index (χ1v) is 11.0. The first-order chi connectivity index (χ1) is 14.0. The molecule has 0 aromatic rings. The topological polar surface area (TPSA) is 128 Å². The van der Waals surface area contributed by atoms with Crippen LogP contribution in [0.1, 0.15) is 52.9 Å². The summed E-state index contributed by atoms with van der Waals surface area (Å²) in [4.78, 5) is 58.5. The highest BCUT2D eigenvalue weighted by atomic mass is 32.2. The maximum Gasteiger partial charge on any atom is 0.249 e. The first-order valence-electron chi connectivity index (χ1n) is 10.1. The van der Waals surface area contributed by atoms with E-state index in [0.29, 0.717) is 31.7 Å². The molecular weight excluding hydrogens is 412 g/mol. The summed E-state index contributed by atoms with van der Waals surface area (Å²) >= 11 is 1.01. The fourth-order valence-corrected chi connectivity index (χ4v) is 4.07. The lowest BCUT2D eigenvalue weighted by Crippen LogP contribution is -2.57. The zero-order valence-corrected chi connectivity index (χ0v) is 18.5. The lowest BCUT2D eigenvalue weighted by Gasteiger charge is -2.46. The number of rotatable bonds is 9. The van der Waals surface area contributed by atoms with Crippen molar-refractivity contribution in [2.45, 2.75) is 64.8 Å². The van der Waals surface area contributed by atoms with Crippen molar-refractivity contribution in [3.8, 4) is 0 Å². The molecule has 9 nitrogen and oxygen atoms in total. The number of ether oxygens (including phenoxy) is 2. The lowest BCUT2D eigenvalue weighted by atomic mass is 9.85. The van der Waals surface area contributed by atoms with Gasteiger partial charge in [0.25, 0.3) is 0 Å². The third kappa shape index (κ3) is 7.17. The summed E-state index contributed by atoms with van der Waals surface area (Å²) in [6.45, 7) is 5.82. The molecule has 0 aromatic carbocycles. The van der Waals surface area contributed by atoms with Crippen LogP contribution in [0.3, 0.4) is 0 Å². The quantitative estimate of drug-likeness (QED) is 0.395. The van der Waals surface area contributed by atoms with E-state index in [9.17, 15) is 24.0 Å². The molecule has 1 unspecified atom stereocenters.